The molecule has 0 aliphatic rings. The van der Waals surface area contributed by atoms with E-state index < -0.39 is 47.6 Å². The number of nitrogens with zero attached hydrogens (tertiary/aromatic N) is 2. The average Bonchev–Trinajstić information content (AvgIpc) is 3.06. The Hall–Kier alpha value is -5.54. The van der Waals surface area contributed by atoms with Gasteiger partial charge in [0, 0.05) is 24.5 Å². The second kappa shape index (κ2) is 17.7. The van der Waals surface area contributed by atoms with Crippen LogP contribution in [0.25, 0.3) is 0 Å². The van der Waals surface area contributed by atoms with Crippen molar-refractivity contribution in [2.45, 2.75) is 58.2 Å². The van der Waals surface area contributed by atoms with Crippen LogP contribution in [-0.2, 0) is 26.7 Å². The number of esters is 1. The molecule has 0 aliphatic carbocycles. The maximum absolute atomic E-state index is 12.5. The van der Waals surface area contributed by atoms with E-state index in [4.69, 9.17) is 28.8 Å². The molecule has 1 N–H and O–H groups in total. The van der Waals surface area contributed by atoms with Gasteiger partial charge in [0.25, 0.3) is 0 Å². The fourth-order valence-electron chi connectivity index (χ4n) is 3.57. The average molecular weight is 711 g/mol. The number of carbonyl (C=O) groups is 2. The third-order valence-corrected chi connectivity index (χ3v) is 6.27. The molecule has 2 heterocycles. The highest BCUT2D eigenvalue weighted by Crippen LogP contribution is 2.32. The van der Waals surface area contributed by atoms with Crippen molar-refractivity contribution in [3.05, 3.63) is 96.3 Å². The number of carboxylic acid groups (broad SMARTS) is 1. The Morgan fingerprint density at radius 1 is 0.660 bits per heavy atom. The minimum Gasteiger partial charge on any atom is -0.479 e. The van der Waals surface area contributed by atoms with Crippen LogP contribution in [0.3, 0.4) is 0 Å². The zero-order chi connectivity index (χ0) is 36.9. The summed E-state index contributed by atoms with van der Waals surface area (Å²) < 4.78 is 101. The zero-order valence-corrected chi connectivity index (χ0v) is 26.8. The smallest absolute Gasteiger partial charge is 0.417 e. The standard InChI is InChI=1S/C19H20F3NO4.C15H12F3NO4/c1-3-4-11-25-18(24)13(2)26-15-6-8-16(9-7-15)27-17-10-5-14(12-23-17)19(20,21)22;1-9(14(20)21)22-11-3-5-12(6-4-11)23-13-7-2-10(8-19-13)15(16,17)18/h5-10,12-13H,3-4,11H2,1-2H3;2-9H,1H3,(H,20,21). The highest BCUT2D eigenvalue weighted by molar-refractivity contribution is 5.74. The predicted octanol–water partition coefficient (Wildman–Crippen LogP) is 8.75. The fraction of sp³-hybridized carbons (Fsp3) is 0.294. The summed E-state index contributed by atoms with van der Waals surface area (Å²) >= 11 is 0. The van der Waals surface area contributed by atoms with E-state index in [2.05, 4.69) is 9.97 Å². The third kappa shape index (κ3) is 12.8. The molecule has 0 spiro atoms. The van der Waals surface area contributed by atoms with E-state index in [9.17, 15) is 35.9 Å². The number of benzene rings is 2. The number of hydrogen-bond acceptors (Lipinski definition) is 9. The lowest BCUT2D eigenvalue weighted by Crippen LogP contribution is -2.26. The summed E-state index contributed by atoms with van der Waals surface area (Å²) in [6.45, 7) is 5.33. The zero-order valence-electron chi connectivity index (χ0n) is 26.8. The lowest BCUT2D eigenvalue weighted by atomic mass is 10.3. The summed E-state index contributed by atoms with van der Waals surface area (Å²) in [7, 11) is 0. The SMILES string of the molecule is CC(Oc1ccc(Oc2ccc(C(F)(F)F)cn2)cc1)C(=O)O.CCCCOC(=O)C(C)Oc1ccc(Oc2ccc(C(F)(F)F)cn2)cc1. The largest absolute Gasteiger partial charge is 0.479 e. The van der Waals surface area contributed by atoms with Gasteiger partial charge in [-0.2, -0.15) is 26.3 Å². The molecule has 0 aliphatic heterocycles. The molecular weight excluding hydrogens is 678 g/mol. The first-order valence-corrected chi connectivity index (χ1v) is 14.9. The number of aliphatic carboxylic acids is 1. The number of pyridine rings is 2. The molecule has 50 heavy (non-hydrogen) atoms. The first kappa shape index (κ1) is 38.9. The van der Waals surface area contributed by atoms with Gasteiger partial charge >= 0.3 is 24.3 Å². The van der Waals surface area contributed by atoms with Crippen LogP contribution in [0.5, 0.6) is 34.8 Å². The molecule has 0 saturated heterocycles. The number of rotatable bonds is 13. The maximum atomic E-state index is 12.5. The molecular formula is C34H32F6N2O8. The second-order valence-corrected chi connectivity index (χ2v) is 10.3. The minimum absolute atomic E-state index is 0.00516. The van der Waals surface area contributed by atoms with Crippen molar-refractivity contribution in [3.63, 3.8) is 0 Å². The van der Waals surface area contributed by atoms with Crippen LogP contribution in [0.4, 0.5) is 26.3 Å². The molecule has 0 bridgehead atoms. The first-order valence-electron chi connectivity index (χ1n) is 14.9. The maximum Gasteiger partial charge on any atom is 0.417 e. The monoisotopic (exact) mass is 710 g/mol. The highest BCUT2D eigenvalue weighted by atomic mass is 19.4. The van der Waals surface area contributed by atoms with Crippen molar-refractivity contribution < 1.29 is 64.7 Å². The Kier molecular flexibility index (Phi) is 13.8. The van der Waals surface area contributed by atoms with Crippen molar-refractivity contribution in [2.24, 2.45) is 0 Å². The third-order valence-electron chi connectivity index (χ3n) is 6.27. The molecule has 268 valence electrons. The summed E-state index contributed by atoms with van der Waals surface area (Å²) in [4.78, 5) is 29.7. The second-order valence-electron chi connectivity index (χ2n) is 10.3. The first-order chi connectivity index (χ1) is 23.5. The van der Waals surface area contributed by atoms with Crippen molar-refractivity contribution in [1.82, 2.24) is 9.97 Å². The van der Waals surface area contributed by atoms with Crippen LogP contribution in [-0.4, -0.2) is 45.8 Å². The van der Waals surface area contributed by atoms with Crippen LogP contribution in [0.2, 0.25) is 0 Å². The highest BCUT2D eigenvalue weighted by Gasteiger charge is 2.31. The number of hydrogen-bond donors (Lipinski definition) is 1. The molecule has 4 aromatic rings. The number of carboxylic acids is 1. The van der Waals surface area contributed by atoms with E-state index in [1.807, 2.05) is 6.92 Å². The van der Waals surface area contributed by atoms with Crippen LogP contribution in [0.15, 0.2) is 85.2 Å². The van der Waals surface area contributed by atoms with Crippen LogP contribution < -0.4 is 18.9 Å². The van der Waals surface area contributed by atoms with Gasteiger partial charge in [-0.15, -0.1) is 0 Å². The number of halogens is 6. The van der Waals surface area contributed by atoms with E-state index in [-0.39, 0.29) is 11.8 Å². The molecule has 0 amide bonds. The van der Waals surface area contributed by atoms with Crippen molar-refractivity contribution >= 4 is 11.9 Å². The van der Waals surface area contributed by atoms with E-state index in [1.54, 1.807) is 31.2 Å². The van der Waals surface area contributed by atoms with Gasteiger partial charge in [-0.05, 0) is 80.9 Å². The molecule has 2 atom stereocenters. The lowest BCUT2D eigenvalue weighted by molar-refractivity contribution is -0.151. The van der Waals surface area contributed by atoms with Gasteiger partial charge < -0.3 is 28.8 Å². The number of aromatic nitrogens is 2. The molecule has 10 nitrogen and oxygen atoms in total. The van der Waals surface area contributed by atoms with Crippen molar-refractivity contribution in [1.29, 1.82) is 0 Å². The lowest BCUT2D eigenvalue weighted by Gasteiger charge is -2.14. The van der Waals surface area contributed by atoms with Gasteiger partial charge in [0.15, 0.2) is 12.2 Å². The predicted molar refractivity (Wildman–Crippen MR) is 165 cm³/mol. The number of carbonyl (C=O) groups excluding carboxylic acids is 1. The summed E-state index contributed by atoms with van der Waals surface area (Å²) in [6.07, 6.45) is -7.55. The Bertz CT molecular complexity index is 1650. The van der Waals surface area contributed by atoms with Gasteiger partial charge in [0.05, 0.1) is 17.7 Å². The molecule has 2 aromatic carbocycles. The van der Waals surface area contributed by atoms with Gasteiger partial charge in [-0.3, -0.25) is 0 Å². The molecule has 0 saturated carbocycles. The van der Waals surface area contributed by atoms with E-state index in [0.717, 1.165) is 37.1 Å². The van der Waals surface area contributed by atoms with Gasteiger partial charge in [-0.1, -0.05) is 13.3 Å². The van der Waals surface area contributed by atoms with Crippen molar-refractivity contribution in [2.75, 3.05) is 6.61 Å². The molecule has 4 rings (SSSR count). The van der Waals surface area contributed by atoms with Gasteiger partial charge in [-0.25, -0.2) is 19.6 Å². The summed E-state index contributed by atoms with van der Waals surface area (Å²) in [5, 5.41) is 8.73. The fourth-order valence-corrected chi connectivity index (χ4v) is 3.57. The number of unbranched alkanes of at least 4 members (excludes halogenated alkanes) is 1. The minimum atomic E-state index is -4.45. The Balaban J connectivity index is 0.000000274. The summed E-state index contributed by atoms with van der Waals surface area (Å²) in [6, 6.07) is 16.2. The Morgan fingerprint density at radius 3 is 1.40 bits per heavy atom. The van der Waals surface area contributed by atoms with Gasteiger partial charge in [0.2, 0.25) is 11.8 Å². The van der Waals surface area contributed by atoms with Crippen molar-refractivity contribution in [3.8, 4) is 34.8 Å². The summed E-state index contributed by atoms with van der Waals surface area (Å²) in [5.74, 6) is -0.0530. The molecule has 16 heteroatoms. The Labute approximate surface area is 282 Å². The van der Waals surface area contributed by atoms with Crippen LogP contribution >= 0.6 is 0 Å². The Morgan fingerprint density at radius 2 is 1.06 bits per heavy atom. The molecule has 0 fully saturated rings. The van der Waals surface area contributed by atoms with E-state index >= 15 is 0 Å². The van der Waals surface area contributed by atoms with E-state index in [1.165, 1.54) is 31.2 Å². The molecule has 2 aromatic heterocycles. The molecule has 2 unspecified atom stereocenters. The number of alkyl halides is 6. The summed E-state index contributed by atoms with van der Waals surface area (Å²) in [5.41, 5.74) is -1.71. The van der Waals surface area contributed by atoms with Gasteiger partial charge in [0.1, 0.15) is 23.0 Å². The topological polar surface area (TPSA) is 126 Å². The van der Waals surface area contributed by atoms with Crippen LogP contribution in [0, 0.1) is 0 Å². The normalized spacial score (nSPS) is 12.4. The van der Waals surface area contributed by atoms with E-state index in [0.29, 0.717) is 42.0 Å². The van der Waals surface area contributed by atoms with Crippen LogP contribution in [0.1, 0.15) is 44.7 Å². The molecule has 0 radical (unpaired) electrons. The quantitative estimate of drug-likeness (QED) is 0.0818. The number of ether oxygens (including phenoxy) is 5.